The van der Waals surface area contributed by atoms with Crippen LogP contribution in [0.5, 0.6) is 0 Å². The number of carbonyl (C=O) groups excluding carboxylic acids is 2. The molecule has 0 aliphatic rings. The summed E-state index contributed by atoms with van der Waals surface area (Å²) in [6.45, 7) is 1.87. The van der Waals surface area contributed by atoms with Crippen molar-refractivity contribution in [1.29, 1.82) is 0 Å². The summed E-state index contributed by atoms with van der Waals surface area (Å²) in [7, 11) is 0. The van der Waals surface area contributed by atoms with Gasteiger partial charge in [-0.15, -0.1) is 0 Å². The highest BCUT2D eigenvalue weighted by molar-refractivity contribution is 6.07. The first-order chi connectivity index (χ1) is 7.13. The van der Waals surface area contributed by atoms with Gasteiger partial charge in [0.1, 0.15) is 0 Å². The van der Waals surface area contributed by atoms with Crippen molar-refractivity contribution < 1.29 is 14.7 Å². The van der Waals surface area contributed by atoms with Crippen LogP contribution < -0.4 is 5.11 Å². The van der Waals surface area contributed by atoms with Crippen LogP contribution >= 0.6 is 0 Å². The van der Waals surface area contributed by atoms with Crippen molar-refractivity contribution in [1.82, 2.24) is 4.98 Å². The lowest BCUT2D eigenvalue weighted by Gasteiger charge is -1.97. The zero-order valence-corrected chi connectivity index (χ0v) is 8.03. The molecular formula is C11H8NO3-. The minimum absolute atomic E-state index is 0.147. The molecule has 0 amide bonds. The summed E-state index contributed by atoms with van der Waals surface area (Å²) in [6, 6.07) is 5.35. The van der Waals surface area contributed by atoms with E-state index in [4.69, 9.17) is 0 Å². The lowest BCUT2D eigenvalue weighted by Crippen LogP contribution is -2.23. The number of aryl methyl sites for hydroxylation is 1. The van der Waals surface area contributed by atoms with Crippen LogP contribution in [0, 0.1) is 6.92 Å². The third kappa shape index (κ3) is 1.40. The summed E-state index contributed by atoms with van der Waals surface area (Å²) in [6.07, 6.45) is 0.531. The lowest BCUT2D eigenvalue weighted by molar-refractivity contribution is -0.255. The topological polar surface area (TPSA) is 73.0 Å². The van der Waals surface area contributed by atoms with Crippen molar-refractivity contribution in [3.05, 3.63) is 35.0 Å². The fraction of sp³-hybridized carbons (Fsp3) is 0.0909. The molecule has 1 aromatic heterocycles. The highest BCUT2D eigenvalue weighted by atomic mass is 16.4. The van der Waals surface area contributed by atoms with Crippen LogP contribution in [0.15, 0.2) is 18.2 Å². The van der Waals surface area contributed by atoms with Gasteiger partial charge in [-0.3, -0.25) is 4.79 Å². The summed E-state index contributed by atoms with van der Waals surface area (Å²) in [5.74, 6) is -1.37. The standard InChI is InChI=1S/C11H9NO3/c1-6-2-3-9-7(4-6)8(5-13)10(12-9)11(14)15/h2-5,12H,1H3,(H,14,15)/p-1. The van der Waals surface area contributed by atoms with Crippen LogP contribution in [0.4, 0.5) is 0 Å². The van der Waals surface area contributed by atoms with E-state index in [-0.39, 0.29) is 11.3 Å². The van der Waals surface area contributed by atoms with Crippen LogP contribution in [-0.2, 0) is 0 Å². The summed E-state index contributed by atoms with van der Waals surface area (Å²) in [4.78, 5) is 24.2. The van der Waals surface area contributed by atoms with E-state index in [0.29, 0.717) is 17.2 Å². The largest absolute Gasteiger partial charge is 0.543 e. The highest BCUT2D eigenvalue weighted by Crippen LogP contribution is 2.21. The molecule has 15 heavy (non-hydrogen) atoms. The number of fused-ring (bicyclic) bond motifs is 1. The summed E-state index contributed by atoms with van der Waals surface area (Å²) in [5.41, 5.74) is 1.58. The fourth-order valence-corrected chi connectivity index (χ4v) is 1.61. The van der Waals surface area contributed by atoms with Gasteiger partial charge in [0.25, 0.3) is 0 Å². The van der Waals surface area contributed by atoms with Crippen molar-refractivity contribution in [2.45, 2.75) is 6.92 Å². The SMILES string of the molecule is Cc1ccc2[nH]c(C(=O)[O-])c(C=O)c2c1. The average molecular weight is 202 g/mol. The Morgan fingerprint density at radius 2 is 2.20 bits per heavy atom. The van der Waals surface area contributed by atoms with E-state index >= 15 is 0 Å². The molecule has 0 aliphatic heterocycles. The summed E-state index contributed by atoms with van der Waals surface area (Å²) >= 11 is 0. The molecule has 76 valence electrons. The number of aromatic carboxylic acids is 1. The van der Waals surface area contributed by atoms with Gasteiger partial charge in [0, 0.05) is 16.5 Å². The van der Waals surface area contributed by atoms with Gasteiger partial charge >= 0.3 is 0 Å². The van der Waals surface area contributed by atoms with Crippen LogP contribution in [0.25, 0.3) is 10.9 Å². The molecule has 2 aromatic rings. The van der Waals surface area contributed by atoms with Gasteiger partial charge in [-0.05, 0) is 19.1 Å². The van der Waals surface area contributed by atoms with Crippen molar-refractivity contribution in [3.8, 4) is 0 Å². The molecule has 2 rings (SSSR count). The Hall–Kier alpha value is -2.10. The second-order valence-corrected chi connectivity index (χ2v) is 3.37. The van der Waals surface area contributed by atoms with Crippen LogP contribution in [-0.4, -0.2) is 17.2 Å². The highest BCUT2D eigenvalue weighted by Gasteiger charge is 2.11. The van der Waals surface area contributed by atoms with Crippen LogP contribution in [0.2, 0.25) is 0 Å². The molecule has 0 fully saturated rings. The van der Waals surface area contributed by atoms with E-state index < -0.39 is 5.97 Å². The van der Waals surface area contributed by atoms with Crippen LogP contribution in [0.3, 0.4) is 0 Å². The molecular weight excluding hydrogens is 194 g/mol. The first-order valence-electron chi connectivity index (χ1n) is 4.42. The molecule has 4 nitrogen and oxygen atoms in total. The third-order valence-corrected chi connectivity index (χ3v) is 2.32. The number of aromatic amines is 1. The molecule has 0 unspecified atom stereocenters. The Labute approximate surface area is 85.5 Å². The van der Waals surface area contributed by atoms with Gasteiger partial charge in [-0.25, -0.2) is 0 Å². The van der Waals surface area contributed by atoms with Crippen LogP contribution in [0.1, 0.15) is 26.4 Å². The monoisotopic (exact) mass is 202 g/mol. The zero-order chi connectivity index (χ0) is 11.0. The number of hydrogen-bond acceptors (Lipinski definition) is 3. The maximum atomic E-state index is 10.8. The van der Waals surface area contributed by atoms with Crippen molar-refractivity contribution in [2.75, 3.05) is 0 Å². The number of aldehydes is 1. The van der Waals surface area contributed by atoms with E-state index in [2.05, 4.69) is 4.98 Å². The Morgan fingerprint density at radius 3 is 2.80 bits per heavy atom. The molecule has 0 saturated carbocycles. The quantitative estimate of drug-likeness (QED) is 0.727. The van der Waals surface area contributed by atoms with Gasteiger partial charge in [0.2, 0.25) is 0 Å². The maximum Gasteiger partial charge on any atom is 0.152 e. The maximum absolute atomic E-state index is 10.8. The Morgan fingerprint density at radius 1 is 1.47 bits per heavy atom. The predicted molar refractivity (Wildman–Crippen MR) is 52.8 cm³/mol. The van der Waals surface area contributed by atoms with E-state index in [9.17, 15) is 14.7 Å². The second kappa shape index (κ2) is 3.24. The minimum atomic E-state index is -1.37. The van der Waals surface area contributed by atoms with Gasteiger partial charge in [0.15, 0.2) is 6.29 Å². The molecule has 0 saturated heterocycles. The molecule has 0 spiro atoms. The van der Waals surface area contributed by atoms with Gasteiger partial charge in [-0.2, -0.15) is 0 Å². The van der Waals surface area contributed by atoms with Gasteiger partial charge in [0.05, 0.1) is 11.7 Å². The molecule has 0 bridgehead atoms. The predicted octanol–water partition coefficient (Wildman–Crippen LogP) is 0.652. The molecule has 0 radical (unpaired) electrons. The number of aromatic nitrogens is 1. The molecule has 1 heterocycles. The molecule has 4 heteroatoms. The number of carbonyl (C=O) groups is 2. The zero-order valence-electron chi connectivity index (χ0n) is 8.03. The molecule has 1 aromatic carbocycles. The van der Waals surface area contributed by atoms with Gasteiger partial charge in [-0.1, -0.05) is 11.6 Å². The molecule has 0 aliphatic carbocycles. The first-order valence-corrected chi connectivity index (χ1v) is 4.42. The number of benzene rings is 1. The Kier molecular flexibility index (Phi) is 2.04. The first kappa shape index (κ1) is 9.45. The average Bonchev–Trinajstić information content (AvgIpc) is 2.55. The van der Waals surface area contributed by atoms with E-state index in [1.807, 2.05) is 13.0 Å². The van der Waals surface area contributed by atoms with Crippen molar-refractivity contribution in [3.63, 3.8) is 0 Å². The minimum Gasteiger partial charge on any atom is -0.543 e. The fourth-order valence-electron chi connectivity index (χ4n) is 1.61. The second-order valence-electron chi connectivity index (χ2n) is 3.37. The third-order valence-electron chi connectivity index (χ3n) is 2.32. The Balaban J connectivity index is 2.85. The number of rotatable bonds is 2. The number of hydrogen-bond donors (Lipinski definition) is 1. The lowest BCUT2D eigenvalue weighted by atomic mass is 10.1. The van der Waals surface area contributed by atoms with E-state index in [0.717, 1.165) is 5.56 Å². The van der Waals surface area contributed by atoms with E-state index in [1.54, 1.807) is 12.1 Å². The molecule has 1 N–H and O–H groups in total. The number of H-pyrrole nitrogens is 1. The van der Waals surface area contributed by atoms with E-state index in [1.165, 1.54) is 0 Å². The summed E-state index contributed by atoms with van der Waals surface area (Å²) in [5, 5.41) is 11.3. The van der Waals surface area contributed by atoms with Crippen molar-refractivity contribution >= 4 is 23.2 Å². The Bertz CT molecular complexity index is 554. The number of nitrogens with one attached hydrogen (secondary N) is 1. The number of carboxylic acid groups (broad SMARTS) is 1. The smallest absolute Gasteiger partial charge is 0.152 e. The summed E-state index contributed by atoms with van der Waals surface area (Å²) < 4.78 is 0. The van der Waals surface area contributed by atoms with Gasteiger partial charge < -0.3 is 14.9 Å². The van der Waals surface area contributed by atoms with Crippen molar-refractivity contribution in [2.24, 2.45) is 0 Å². The number of carboxylic acids is 1. The normalized spacial score (nSPS) is 10.5. The molecule has 0 atom stereocenters.